The largest absolute Gasteiger partial charge is 0.472 e. The van der Waals surface area contributed by atoms with Crippen LogP contribution in [-0.2, 0) is 0 Å². The van der Waals surface area contributed by atoms with Gasteiger partial charge in [0.25, 0.3) is 5.88 Å². The number of halogens is 1. The van der Waals surface area contributed by atoms with Crippen LogP contribution in [0.15, 0.2) is 12.4 Å². The number of carbonyl (C=O) groups excluding carboxylic acids is 1. The molecule has 1 saturated carbocycles. The number of ether oxygens (including phenoxy) is 1. The standard InChI is InChI=1S/C14H18ClN5O2/c15-5-6-19-14(21)20-10-1-3-11(4-2-10)22-13-12(9-16)17-7-8-18-13/h7-8,10-11H,1-6H2,(H2,19,20,21). The Morgan fingerprint density at radius 1 is 1.36 bits per heavy atom. The van der Waals surface area contributed by atoms with Crippen LogP contribution in [0.25, 0.3) is 0 Å². The van der Waals surface area contributed by atoms with E-state index in [0.29, 0.717) is 12.4 Å². The number of aromatic nitrogens is 2. The first-order valence-corrected chi connectivity index (χ1v) is 7.74. The second kappa shape index (κ2) is 8.39. The molecule has 2 rings (SSSR count). The molecule has 1 aliphatic carbocycles. The van der Waals surface area contributed by atoms with Crippen molar-refractivity contribution in [1.29, 1.82) is 5.26 Å². The molecule has 0 spiro atoms. The van der Waals surface area contributed by atoms with Crippen LogP contribution < -0.4 is 15.4 Å². The van der Waals surface area contributed by atoms with Gasteiger partial charge in [0.2, 0.25) is 5.69 Å². The first-order valence-electron chi connectivity index (χ1n) is 7.21. The lowest BCUT2D eigenvalue weighted by Crippen LogP contribution is -2.45. The second-order valence-electron chi connectivity index (χ2n) is 5.00. The van der Waals surface area contributed by atoms with Gasteiger partial charge in [-0.05, 0) is 25.7 Å². The van der Waals surface area contributed by atoms with Gasteiger partial charge in [-0.25, -0.2) is 14.8 Å². The molecule has 0 radical (unpaired) electrons. The van der Waals surface area contributed by atoms with Gasteiger partial charge in [-0.1, -0.05) is 0 Å². The summed E-state index contributed by atoms with van der Waals surface area (Å²) in [4.78, 5) is 19.5. The van der Waals surface area contributed by atoms with E-state index in [2.05, 4.69) is 20.6 Å². The molecular weight excluding hydrogens is 306 g/mol. The molecule has 1 aromatic heterocycles. The first-order chi connectivity index (χ1) is 10.7. The fraction of sp³-hybridized carbons (Fsp3) is 0.571. The summed E-state index contributed by atoms with van der Waals surface area (Å²) in [5, 5.41) is 14.6. The molecule has 118 valence electrons. The number of rotatable bonds is 5. The topological polar surface area (TPSA) is 99.9 Å². The van der Waals surface area contributed by atoms with Crippen molar-refractivity contribution < 1.29 is 9.53 Å². The van der Waals surface area contributed by atoms with Gasteiger partial charge in [0, 0.05) is 30.9 Å². The molecule has 0 saturated heterocycles. The number of nitrogens with zero attached hydrogens (tertiary/aromatic N) is 3. The van der Waals surface area contributed by atoms with Gasteiger partial charge < -0.3 is 15.4 Å². The molecule has 1 aromatic rings. The summed E-state index contributed by atoms with van der Waals surface area (Å²) < 4.78 is 5.75. The van der Waals surface area contributed by atoms with Gasteiger partial charge in [0.1, 0.15) is 12.2 Å². The van der Waals surface area contributed by atoms with E-state index in [1.165, 1.54) is 12.4 Å². The summed E-state index contributed by atoms with van der Waals surface area (Å²) >= 11 is 5.52. The highest BCUT2D eigenvalue weighted by molar-refractivity contribution is 6.18. The minimum Gasteiger partial charge on any atom is -0.472 e. The van der Waals surface area contributed by atoms with Crippen molar-refractivity contribution in [3.63, 3.8) is 0 Å². The SMILES string of the molecule is N#Cc1nccnc1OC1CCC(NC(=O)NCCCl)CC1. The Balaban J connectivity index is 1.78. The van der Waals surface area contributed by atoms with Crippen LogP contribution in [0.2, 0.25) is 0 Å². The van der Waals surface area contributed by atoms with Crippen LogP contribution in [-0.4, -0.2) is 40.6 Å². The van der Waals surface area contributed by atoms with Crippen molar-refractivity contribution in [3.8, 4) is 11.9 Å². The van der Waals surface area contributed by atoms with Crippen LogP contribution >= 0.6 is 11.6 Å². The number of alkyl halides is 1. The minimum absolute atomic E-state index is 0.00671. The van der Waals surface area contributed by atoms with Crippen molar-refractivity contribution in [3.05, 3.63) is 18.1 Å². The number of hydrogen-bond acceptors (Lipinski definition) is 5. The van der Waals surface area contributed by atoms with E-state index in [1.807, 2.05) is 6.07 Å². The third-order valence-corrected chi connectivity index (χ3v) is 3.63. The van der Waals surface area contributed by atoms with Crippen molar-refractivity contribution in [1.82, 2.24) is 20.6 Å². The highest BCUT2D eigenvalue weighted by atomic mass is 35.5. The van der Waals surface area contributed by atoms with Crippen LogP contribution in [0.1, 0.15) is 31.4 Å². The predicted molar refractivity (Wildman–Crippen MR) is 80.7 cm³/mol. The lowest BCUT2D eigenvalue weighted by Gasteiger charge is -2.29. The highest BCUT2D eigenvalue weighted by Gasteiger charge is 2.24. The van der Waals surface area contributed by atoms with Crippen molar-refractivity contribution in [2.24, 2.45) is 0 Å². The molecule has 0 aromatic carbocycles. The fourth-order valence-electron chi connectivity index (χ4n) is 2.37. The number of carbonyl (C=O) groups is 1. The van der Waals surface area contributed by atoms with E-state index >= 15 is 0 Å². The van der Waals surface area contributed by atoms with Gasteiger partial charge in [-0.3, -0.25) is 0 Å². The lowest BCUT2D eigenvalue weighted by molar-refractivity contribution is 0.134. The second-order valence-corrected chi connectivity index (χ2v) is 5.38. The lowest BCUT2D eigenvalue weighted by atomic mass is 9.93. The molecule has 1 fully saturated rings. The van der Waals surface area contributed by atoms with Gasteiger partial charge in [-0.2, -0.15) is 5.26 Å². The Labute approximate surface area is 134 Å². The van der Waals surface area contributed by atoms with E-state index in [1.54, 1.807) is 0 Å². The summed E-state index contributed by atoms with van der Waals surface area (Å²) in [6, 6.07) is 1.91. The van der Waals surface area contributed by atoms with E-state index in [0.717, 1.165) is 25.7 Å². The number of urea groups is 1. The van der Waals surface area contributed by atoms with E-state index in [4.69, 9.17) is 21.6 Å². The number of nitriles is 1. The van der Waals surface area contributed by atoms with Crippen LogP contribution in [0.4, 0.5) is 4.79 Å². The average molecular weight is 324 g/mol. The maximum absolute atomic E-state index is 11.6. The van der Waals surface area contributed by atoms with Crippen molar-refractivity contribution >= 4 is 17.6 Å². The number of hydrogen-bond donors (Lipinski definition) is 2. The Hall–Kier alpha value is -2.07. The molecule has 0 bridgehead atoms. The number of nitrogens with one attached hydrogen (secondary N) is 2. The van der Waals surface area contributed by atoms with Crippen molar-refractivity contribution in [2.45, 2.75) is 37.8 Å². The molecular formula is C14H18ClN5O2. The Morgan fingerprint density at radius 2 is 2.09 bits per heavy atom. The van der Waals surface area contributed by atoms with Gasteiger partial charge >= 0.3 is 6.03 Å². The third kappa shape index (κ3) is 4.74. The maximum atomic E-state index is 11.6. The molecule has 0 unspecified atom stereocenters. The van der Waals surface area contributed by atoms with Gasteiger partial charge in [-0.15, -0.1) is 11.6 Å². The van der Waals surface area contributed by atoms with E-state index < -0.39 is 0 Å². The third-order valence-electron chi connectivity index (χ3n) is 3.44. The summed E-state index contributed by atoms with van der Waals surface area (Å²) in [7, 11) is 0. The van der Waals surface area contributed by atoms with Gasteiger partial charge in [0.05, 0.1) is 0 Å². The predicted octanol–water partition coefficient (Wildman–Crippen LogP) is 1.58. The monoisotopic (exact) mass is 323 g/mol. The van der Waals surface area contributed by atoms with Crippen LogP contribution in [0, 0.1) is 11.3 Å². The van der Waals surface area contributed by atoms with E-state index in [9.17, 15) is 4.79 Å². The molecule has 8 heteroatoms. The van der Waals surface area contributed by atoms with Crippen LogP contribution in [0.3, 0.4) is 0 Å². The summed E-state index contributed by atoms with van der Waals surface area (Å²) in [5.41, 5.74) is 0.197. The highest BCUT2D eigenvalue weighted by Crippen LogP contribution is 2.23. The molecule has 1 heterocycles. The fourth-order valence-corrected chi connectivity index (χ4v) is 2.46. The normalized spacial score (nSPS) is 20.7. The first kappa shape index (κ1) is 16.3. The zero-order valence-corrected chi connectivity index (χ0v) is 12.8. The Bertz CT molecular complexity index is 540. The Kier molecular flexibility index (Phi) is 6.22. The summed E-state index contributed by atoms with van der Waals surface area (Å²) in [5.74, 6) is 0.675. The molecule has 1 aliphatic rings. The molecule has 0 atom stereocenters. The molecule has 7 nitrogen and oxygen atoms in total. The maximum Gasteiger partial charge on any atom is 0.315 e. The molecule has 2 N–H and O–H groups in total. The summed E-state index contributed by atoms with van der Waals surface area (Å²) in [6.45, 7) is 0.454. The van der Waals surface area contributed by atoms with Gasteiger partial charge in [0.15, 0.2) is 0 Å². The Morgan fingerprint density at radius 3 is 2.77 bits per heavy atom. The quantitative estimate of drug-likeness (QED) is 0.801. The van der Waals surface area contributed by atoms with Crippen LogP contribution in [0.5, 0.6) is 5.88 Å². The molecule has 0 aliphatic heterocycles. The average Bonchev–Trinajstić information content (AvgIpc) is 2.55. The molecule has 2 amide bonds. The van der Waals surface area contributed by atoms with E-state index in [-0.39, 0.29) is 29.8 Å². The summed E-state index contributed by atoms with van der Waals surface area (Å²) in [6.07, 6.45) is 6.19. The minimum atomic E-state index is -0.189. The van der Waals surface area contributed by atoms with Crippen molar-refractivity contribution in [2.75, 3.05) is 12.4 Å². The zero-order valence-electron chi connectivity index (χ0n) is 12.1. The number of amides is 2. The molecule has 22 heavy (non-hydrogen) atoms. The zero-order chi connectivity index (χ0) is 15.8. The smallest absolute Gasteiger partial charge is 0.315 e.